The standard InChI is InChI=1S/C25H31N3O4S/c1-16-5-9-22(14-18(16)3)33(31,32)28-12-10-20(11-13-28)25(30)27-23-15-21(8-4-17(23)2)26-24(29)19-6-7-19/h4-5,8-9,14-15,19-20H,6-7,10-13H2,1-3H3,(H,26,29)(H,27,30). The maximum atomic E-state index is 13.0. The first-order valence-corrected chi connectivity index (χ1v) is 12.9. The van der Waals surface area contributed by atoms with E-state index in [1.807, 2.05) is 39.0 Å². The van der Waals surface area contributed by atoms with Gasteiger partial charge in [0.1, 0.15) is 0 Å². The first-order chi connectivity index (χ1) is 15.6. The monoisotopic (exact) mass is 469 g/mol. The van der Waals surface area contributed by atoms with Crippen LogP contribution in [0.1, 0.15) is 42.4 Å². The van der Waals surface area contributed by atoms with Crippen LogP contribution < -0.4 is 10.6 Å². The van der Waals surface area contributed by atoms with Crippen molar-refractivity contribution < 1.29 is 18.0 Å². The van der Waals surface area contributed by atoms with Crippen LogP contribution in [-0.2, 0) is 19.6 Å². The summed E-state index contributed by atoms with van der Waals surface area (Å²) in [6, 6.07) is 10.7. The van der Waals surface area contributed by atoms with Crippen LogP contribution >= 0.6 is 0 Å². The lowest BCUT2D eigenvalue weighted by Crippen LogP contribution is -2.41. The molecule has 176 valence electrons. The molecule has 2 amide bonds. The number of carbonyl (C=O) groups excluding carboxylic acids is 2. The molecule has 2 aromatic rings. The van der Waals surface area contributed by atoms with Crippen LogP contribution in [0.2, 0.25) is 0 Å². The van der Waals surface area contributed by atoms with Crippen LogP contribution in [0.3, 0.4) is 0 Å². The fourth-order valence-electron chi connectivity index (χ4n) is 4.04. The molecule has 0 aromatic heterocycles. The summed E-state index contributed by atoms with van der Waals surface area (Å²) in [6.07, 6.45) is 2.79. The number of hydrogen-bond donors (Lipinski definition) is 2. The SMILES string of the molecule is Cc1ccc(S(=O)(=O)N2CCC(C(=O)Nc3cc(NC(=O)C4CC4)ccc3C)CC2)cc1C. The van der Waals surface area contributed by atoms with Gasteiger partial charge in [-0.05, 0) is 87.4 Å². The number of sulfonamides is 1. The van der Waals surface area contributed by atoms with E-state index in [0.717, 1.165) is 29.5 Å². The molecule has 2 aromatic carbocycles. The van der Waals surface area contributed by atoms with Gasteiger partial charge in [0.2, 0.25) is 21.8 Å². The zero-order valence-corrected chi connectivity index (χ0v) is 20.2. The van der Waals surface area contributed by atoms with Crippen molar-refractivity contribution in [1.29, 1.82) is 0 Å². The fourth-order valence-corrected chi connectivity index (χ4v) is 5.60. The topological polar surface area (TPSA) is 95.6 Å². The van der Waals surface area contributed by atoms with Crippen LogP contribution in [0.4, 0.5) is 11.4 Å². The molecule has 1 aliphatic carbocycles. The highest BCUT2D eigenvalue weighted by Gasteiger charge is 2.33. The molecule has 1 heterocycles. The highest BCUT2D eigenvalue weighted by Crippen LogP contribution is 2.31. The highest BCUT2D eigenvalue weighted by molar-refractivity contribution is 7.89. The van der Waals surface area contributed by atoms with Gasteiger partial charge in [0.25, 0.3) is 0 Å². The van der Waals surface area contributed by atoms with Gasteiger partial charge in [-0.3, -0.25) is 9.59 Å². The van der Waals surface area contributed by atoms with E-state index in [4.69, 9.17) is 0 Å². The fraction of sp³-hybridized carbons (Fsp3) is 0.440. The third-order valence-corrected chi connectivity index (χ3v) is 8.55. The zero-order valence-electron chi connectivity index (χ0n) is 19.3. The second kappa shape index (κ2) is 9.27. The molecular formula is C25H31N3O4S. The lowest BCUT2D eigenvalue weighted by atomic mass is 9.97. The number of amides is 2. The molecule has 0 radical (unpaired) electrons. The van der Waals surface area contributed by atoms with Crippen molar-refractivity contribution in [2.75, 3.05) is 23.7 Å². The smallest absolute Gasteiger partial charge is 0.243 e. The molecule has 1 saturated carbocycles. The van der Waals surface area contributed by atoms with Crippen molar-refractivity contribution in [2.24, 2.45) is 11.8 Å². The Kier molecular flexibility index (Phi) is 6.59. The van der Waals surface area contributed by atoms with Crippen LogP contribution in [0.25, 0.3) is 0 Å². The number of piperidine rings is 1. The minimum absolute atomic E-state index is 0.0217. The second-order valence-corrected chi connectivity index (χ2v) is 11.1. The summed E-state index contributed by atoms with van der Waals surface area (Å²) in [5, 5.41) is 5.89. The van der Waals surface area contributed by atoms with E-state index < -0.39 is 10.0 Å². The minimum Gasteiger partial charge on any atom is -0.326 e. The number of hydrogen-bond acceptors (Lipinski definition) is 4. The average Bonchev–Trinajstić information content (AvgIpc) is 3.63. The Morgan fingerprint density at radius 3 is 2.03 bits per heavy atom. The van der Waals surface area contributed by atoms with E-state index in [9.17, 15) is 18.0 Å². The summed E-state index contributed by atoms with van der Waals surface area (Å²) in [5.74, 6) is -0.254. The van der Waals surface area contributed by atoms with Crippen molar-refractivity contribution in [3.05, 3.63) is 53.1 Å². The van der Waals surface area contributed by atoms with Crippen molar-refractivity contribution in [1.82, 2.24) is 4.31 Å². The van der Waals surface area contributed by atoms with Gasteiger partial charge in [0.05, 0.1) is 4.90 Å². The molecule has 4 rings (SSSR count). The van der Waals surface area contributed by atoms with Crippen LogP contribution in [0, 0.1) is 32.6 Å². The molecule has 0 unspecified atom stereocenters. The minimum atomic E-state index is -3.57. The molecule has 0 spiro atoms. The van der Waals surface area contributed by atoms with Gasteiger partial charge in [-0.25, -0.2) is 8.42 Å². The van der Waals surface area contributed by atoms with Crippen molar-refractivity contribution >= 4 is 33.2 Å². The van der Waals surface area contributed by atoms with Gasteiger partial charge < -0.3 is 10.6 Å². The Hall–Kier alpha value is -2.71. The van der Waals surface area contributed by atoms with E-state index in [2.05, 4.69) is 10.6 Å². The summed E-state index contributed by atoms with van der Waals surface area (Å²) >= 11 is 0. The molecule has 1 aliphatic heterocycles. The molecule has 2 N–H and O–H groups in total. The lowest BCUT2D eigenvalue weighted by Gasteiger charge is -2.30. The van der Waals surface area contributed by atoms with Gasteiger partial charge in [-0.15, -0.1) is 0 Å². The molecule has 0 atom stereocenters. The molecule has 2 fully saturated rings. The van der Waals surface area contributed by atoms with Crippen LogP contribution in [-0.4, -0.2) is 37.6 Å². The van der Waals surface area contributed by atoms with Crippen LogP contribution in [0.5, 0.6) is 0 Å². The summed E-state index contributed by atoms with van der Waals surface area (Å²) in [6.45, 7) is 6.38. The summed E-state index contributed by atoms with van der Waals surface area (Å²) in [4.78, 5) is 25.3. The van der Waals surface area contributed by atoms with E-state index in [1.165, 1.54) is 4.31 Å². The summed E-state index contributed by atoms with van der Waals surface area (Å²) in [5.41, 5.74) is 4.23. The molecule has 7 nitrogen and oxygen atoms in total. The predicted octanol–water partition coefficient (Wildman–Crippen LogP) is 4.00. The number of nitrogens with zero attached hydrogens (tertiary/aromatic N) is 1. The van der Waals surface area contributed by atoms with E-state index in [1.54, 1.807) is 18.2 Å². The molecule has 1 saturated heterocycles. The first-order valence-electron chi connectivity index (χ1n) is 11.4. The average molecular weight is 470 g/mol. The Bertz CT molecular complexity index is 1180. The summed E-state index contributed by atoms with van der Waals surface area (Å²) < 4.78 is 27.5. The van der Waals surface area contributed by atoms with E-state index in [0.29, 0.717) is 42.2 Å². The Labute approximate surface area is 195 Å². The molecule has 8 heteroatoms. The Morgan fingerprint density at radius 2 is 1.39 bits per heavy atom. The number of anilines is 2. The van der Waals surface area contributed by atoms with Gasteiger partial charge in [0, 0.05) is 36.3 Å². The van der Waals surface area contributed by atoms with Gasteiger partial charge in [-0.2, -0.15) is 4.31 Å². The number of carbonyl (C=O) groups is 2. The van der Waals surface area contributed by atoms with Gasteiger partial charge >= 0.3 is 0 Å². The normalized spacial score (nSPS) is 17.5. The Balaban J connectivity index is 1.37. The zero-order chi connectivity index (χ0) is 23.8. The largest absolute Gasteiger partial charge is 0.326 e. The first kappa shape index (κ1) is 23.4. The van der Waals surface area contributed by atoms with Crippen molar-refractivity contribution in [3.8, 4) is 0 Å². The van der Waals surface area contributed by atoms with E-state index >= 15 is 0 Å². The van der Waals surface area contributed by atoms with Gasteiger partial charge in [0.15, 0.2) is 0 Å². The third kappa shape index (κ3) is 5.28. The predicted molar refractivity (Wildman–Crippen MR) is 129 cm³/mol. The lowest BCUT2D eigenvalue weighted by molar-refractivity contribution is -0.121. The highest BCUT2D eigenvalue weighted by atomic mass is 32.2. The molecule has 0 bridgehead atoms. The van der Waals surface area contributed by atoms with E-state index in [-0.39, 0.29) is 23.7 Å². The number of aryl methyl sites for hydroxylation is 3. The maximum absolute atomic E-state index is 13.0. The quantitative estimate of drug-likeness (QED) is 0.668. The van der Waals surface area contributed by atoms with Gasteiger partial charge in [-0.1, -0.05) is 12.1 Å². The molecule has 33 heavy (non-hydrogen) atoms. The number of nitrogens with one attached hydrogen (secondary N) is 2. The maximum Gasteiger partial charge on any atom is 0.243 e. The van der Waals surface area contributed by atoms with Crippen molar-refractivity contribution in [3.63, 3.8) is 0 Å². The molecular weight excluding hydrogens is 438 g/mol. The Morgan fingerprint density at radius 1 is 0.788 bits per heavy atom. The molecule has 2 aliphatic rings. The van der Waals surface area contributed by atoms with Crippen LogP contribution in [0.15, 0.2) is 41.3 Å². The summed E-state index contributed by atoms with van der Waals surface area (Å²) in [7, 11) is -3.57. The number of rotatable bonds is 6. The third-order valence-electron chi connectivity index (χ3n) is 6.65. The number of benzene rings is 2. The van der Waals surface area contributed by atoms with Crippen molar-refractivity contribution in [2.45, 2.75) is 51.3 Å². The second-order valence-electron chi connectivity index (χ2n) is 9.21.